The van der Waals surface area contributed by atoms with Crippen molar-refractivity contribution >= 4 is 5.91 Å². The summed E-state index contributed by atoms with van der Waals surface area (Å²) in [6, 6.07) is 8.59. The maximum Gasteiger partial charge on any atom is 0.234 e. The van der Waals surface area contributed by atoms with Crippen LogP contribution in [-0.4, -0.2) is 29.9 Å². The number of benzene rings is 1. The van der Waals surface area contributed by atoms with Crippen molar-refractivity contribution in [1.82, 2.24) is 10.2 Å². The second-order valence-electron chi connectivity index (χ2n) is 5.12. The normalized spacial score (nSPS) is 14.7. The SMILES string of the molecule is CCN(CC(=O)NC1CC1)Cc1ccccc1CN. The van der Waals surface area contributed by atoms with E-state index in [2.05, 4.69) is 23.2 Å². The number of carbonyl (C=O) groups excluding carboxylic acids is 1. The first-order valence-electron chi connectivity index (χ1n) is 7.01. The Bertz CT molecular complexity index is 429. The summed E-state index contributed by atoms with van der Waals surface area (Å²) in [7, 11) is 0. The Kier molecular flexibility index (Phi) is 4.93. The number of carbonyl (C=O) groups is 1. The van der Waals surface area contributed by atoms with Crippen LogP contribution >= 0.6 is 0 Å². The fourth-order valence-electron chi connectivity index (χ4n) is 2.14. The molecule has 0 bridgehead atoms. The predicted octanol–water partition coefficient (Wildman–Crippen LogP) is 1.25. The molecule has 1 aliphatic rings. The molecule has 0 aromatic heterocycles. The first-order valence-corrected chi connectivity index (χ1v) is 7.01. The number of hydrogen-bond donors (Lipinski definition) is 2. The molecule has 2 rings (SSSR count). The number of amides is 1. The monoisotopic (exact) mass is 261 g/mol. The lowest BCUT2D eigenvalue weighted by molar-refractivity contribution is -0.122. The predicted molar refractivity (Wildman–Crippen MR) is 76.4 cm³/mol. The first kappa shape index (κ1) is 14.0. The molecule has 0 heterocycles. The lowest BCUT2D eigenvalue weighted by Crippen LogP contribution is -2.37. The zero-order valence-electron chi connectivity index (χ0n) is 11.6. The van der Waals surface area contributed by atoms with Crippen molar-refractivity contribution in [3.8, 4) is 0 Å². The molecule has 4 heteroatoms. The summed E-state index contributed by atoms with van der Waals surface area (Å²) in [5.74, 6) is 0.134. The number of rotatable bonds is 7. The Balaban J connectivity index is 1.91. The number of nitrogens with two attached hydrogens (primary N) is 1. The molecule has 1 saturated carbocycles. The van der Waals surface area contributed by atoms with E-state index >= 15 is 0 Å². The van der Waals surface area contributed by atoms with Crippen LogP contribution in [0.25, 0.3) is 0 Å². The van der Waals surface area contributed by atoms with Gasteiger partial charge in [-0.3, -0.25) is 9.69 Å². The highest BCUT2D eigenvalue weighted by molar-refractivity contribution is 5.78. The molecule has 0 atom stereocenters. The number of hydrogen-bond acceptors (Lipinski definition) is 3. The van der Waals surface area contributed by atoms with E-state index in [1.165, 1.54) is 5.56 Å². The van der Waals surface area contributed by atoms with Gasteiger partial charge in [0.25, 0.3) is 0 Å². The molecule has 1 aliphatic carbocycles. The van der Waals surface area contributed by atoms with Crippen molar-refractivity contribution in [3.63, 3.8) is 0 Å². The van der Waals surface area contributed by atoms with Crippen molar-refractivity contribution in [3.05, 3.63) is 35.4 Å². The van der Waals surface area contributed by atoms with Crippen molar-refractivity contribution < 1.29 is 4.79 Å². The number of nitrogens with one attached hydrogen (secondary N) is 1. The van der Waals surface area contributed by atoms with Gasteiger partial charge < -0.3 is 11.1 Å². The molecule has 104 valence electrons. The van der Waals surface area contributed by atoms with Crippen molar-refractivity contribution in [2.45, 2.75) is 38.9 Å². The van der Waals surface area contributed by atoms with Crippen LogP contribution in [0, 0.1) is 0 Å². The Morgan fingerprint density at radius 2 is 2.05 bits per heavy atom. The molecular formula is C15H23N3O. The van der Waals surface area contributed by atoms with E-state index < -0.39 is 0 Å². The third-order valence-corrected chi connectivity index (χ3v) is 3.49. The van der Waals surface area contributed by atoms with Crippen LogP contribution in [0.4, 0.5) is 0 Å². The zero-order valence-corrected chi connectivity index (χ0v) is 11.6. The van der Waals surface area contributed by atoms with E-state index in [9.17, 15) is 4.79 Å². The maximum absolute atomic E-state index is 11.8. The molecular weight excluding hydrogens is 238 g/mol. The molecule has 0 spiro atoms. The summed E-state index contributed by atoms with van der Waals surface area (Å²) < 4.78 is 0. The quantitative estimate of drug-likeness (QED) is 0.776. The van der Waals surface area contributed by atoms with E-state index in [4.69, 9.17) is 5.73 Å². The van der Waals surface area contributed by atoms with Crippen molar-refractivity contribution in [2.75, 3.05) is 13.1 Å². The average molecular weight is 261 g/mol. The van der Waals surface area contributed by atoms with Gasteiger partial charge in [0.2, 0.25) is 5.91 Å². The van der Waals surface area contributed by atoms with Gasteiger partial charge in [0.1, 0.15) is 0 Å². The van der Waals surface area contributed by atoms with E-state index in [-0.39, 0.29) is 5.91 Å². The summed E-state index contributed by atoms with van der Waals surface area (Å²) in [5.41, 5.74) is 8.12. The summed E-state index contributed by atoms with van der Waals surface area (Å²) in [4.78, 5) is 14.0. The molecule has 1 aromatic rings. The van der Waals surface area contributed by atoms with E-state index in [0.29, 0.717) is 19.1 Å². The van der Waals surface area contributed by atoms with Gasteiger partial charge in [-0.15, -0.1) is 0 Å². The van der Waals surface area contributed by atoms with E-state index in [0.717, 1.165) is 31.5 Å². The molecule has 19 heavy (non-hydrogen) atoms. The topological polar surface area (TPSA) is 58.4 Å². The Hall–Kier alpha value is -1.39. The largest absolute Gasteiger partial charge is 0.352 e. The minimum Gasteiger partial charge on any atom is -0.352 e. The minimum absolute atomic E-state index is 0.134. The summed E-state index contributed by atoms with van der Waals surface area (Å²) in [5, 5.41) is 3.03. The van der Waals surface area contributed by atoms with Gasteiger partial charge in [-0.25, -0.2) is 0 Å². The standard InChI is InChI=1S/C15H23N3O/c1-2-18(11-15(19)17-14-7-8-14)10-13-6-4-3-5-12(13)9-16/h3-6,14H,2,7-11,16H2,1H3,(H,17,19). The lowest BCUT2D eigenvalue weighted by Gasteiger charge is -2.21. The molecule has 0 aliphatic heterocycles. The van der Waals surface area contributed by atoms with Gasteiger partial charge in [0.05, 0.1) is 6.54 Å². The van der Waals surface area contributed by atoms with E-state index in [1.54, 1.807) is 0 Å². The maximum atomic E-state index is 11.8. The van der Waals surface area contributed by atoms with Crippen LogP contribution < -0.4 is 11.1 Å². The molecule has 0 radical (unpaired) electrons. The molecule has 1 fully saturated rings. The van der Waals surface area contributed by atoms with Crippen LogP contribution in [0.15, 0.2) is 24.3 Å². The van der Waals surface area contributed by atoms with Gasteiger partial charge >= 0.3 is 0 Å². The highest BCUT2D eigenvalue weighted by Crippen LogP contribution is 2.18. The molecule has 1 aromatic carbocycles. The molecule has 0 saturated heterocycles. The van der Waals surface area contributed by atoms with Crippen LogP contribution in [-0.2, 0) is 17.9 Å². The average Bonchev–Trinajstić information content (AvgIpc) is 3.22. The third kappa shape index (κ3) is 4.33. The number of nitrogens with zero attached hydrogens (tertiary/aromatic N) is 1. The highest BCUT2D eigenvalue weighted by Gasteiger charge is 2.23. The summed E-state index contributed by atoms with van der Waals surface area (Å²) >= 11 is 0. The van der Waals surface area contributed by atoms with Gasteiger partial charge in [0.15, 0.2) is 0 Å². The Morgan fingerprint density at radius 1 is 1.37 bits per heavy atom. The minimum atomic E-state index is 0.134. The van der Waals surface area contributed by atoms with Gasteiger partial charge in [0, 0.05) is 19.1 Å². The smallest absolute Gasteiger partial charge is 0.234 e. The zero-order chi connectivity index (χ0) is 13.7. The number of likely N-dealkylation sites (N-methyl/N-ethyl adjacent to an activating group) is 1. The molecule has 1 amide bonds. The van der Waals surface area contributed by atoms with Crippen molar-refractivity contribution in [2.24, 2.45) is 5.73 Å². The van der Waals surface area contributed by atoms with Crippen LogP contribution in [0.1, 0.15) is 30.9 Å². The fraction of sp³-hybridized carbons (Fsp3) is 0.533. The molecule has 4 nitrogen and oxygen atoms in total. The van der Waals surface area contributed by atoms with Crippen LogP contribution in [0.2, 0.25) is 0 Å². The third-order valence-electron chi connectivity index (χ3n) is 3.49. The van der Waals surface area contributed by atoms with Gasteiger partial charge in [-0.05, 0) is 30.5 Å². The van der Waals surface area contributed by atoms with E-state index in [1.807, 2.05) is 18.2 Å². The highest BCUT2D eigenvalue weighted by atomic mass is 16.2. The fourth-order valence-corrected chi connectivity index (χ4v) is 2.14. The van der Waals surface area contributed by atoms with Crippen LogP contribution in [0.5, 0.6) is 0 Å². The Labute approximate surface area is 115 Å². The second-order valence-corrected chi connectivity index (χ2v) is 5.12. The molecule has 3 N–H and O–H groups in total. The lowest BCUT2D eigenvalue weighted by atomic mass is 10.1. The van der Waals surface area contributed by atoms with Crippen molar-refractivity contribution in [1.29, 1.82) is 0 Å². The van der Waals surface area contributed by atoms with Crippen LogP contribution in [0.3, 0.4) is 0 Å². The van der Waals surface area contributed by atoms with Gasteiger partial charge in [-0.1, -0.05) is 31.2 Å². The van der Waals surface area contributed by atoms with Gasteiger partial charge in [-0.2, -0.15) is 0 Å². The first-order chi connectivity index (χ1) is 9.22. The summed E-state index contributed by atoms with van der Waals surface area (Å²) in [6.45, 7) is 4.72. The second kappa shape index (κ2) is 6.68. The molecule has 0 unspecified atom stereocenters. The summed E-state index contributed by atoms with van der Waals surface area (Å²) in [6.07, 6.45) is 2.27. The Morgan fingerprint density at radius 3 is 2.63 bits per heavy atom.